The number of para-hydroxylation sites is 2. The molecular formula is C27H20N4O. The molecule has 0 radical (unpaired) electrons. The molecule has 2 aromatic heterocycles. The van der Waals surface area contributed by atoms with Gasteiger partial charge in [0.1, 0.15) is 12.1 Å². The molecule has 0 unspecified atom stereocenters. The van der Waals surface area contributed by atoms with E-state index in [0.29, 0.717) is 0 Å². The molecule has 0 saturated heterocycles. The third-order valence-electron chi connectivity index (χ3n) is 5.86. The summed E-state index contributed by atoms with van der Waals surface area (Å²) in [6.07, 6.45) is 5.62. The molecule has 0 aliphatic carbocycles. The summed E-state index contributed by atoms with van der Waals surface area (Å²) in [5.74, 6) is 0.805. The molecule has 0 aliphatic heterocycles. The van der Waals surface area contributed by atoms with Crippen LogP contribution in [0.2, 0.25) is 0 Å². The van der Waals surface area contributed by atoms with Crippen LogP contribution in [0, 0.1) is 0 Å². The molecule has 6 rings (SSSR count). The van der Waals surface area contributed by atoms with Gasteiger partial charge in [-0.1, -0.05) is 54.6 Å². The zero-order valence-electron chi connectivity index (χ0n) is 17.5. The molecule has 1 N–H and O–H groups in total. The summed E-state index contributed by atoms with van der Waals surface area (Å²) >= 11 is 0. The predicted octanol–water partition coefficient (Wildman–Crippen LogP) is 6.24. The predicted molar refractivity (Wildman–Crippen MR) is 128 cm³/mol. The number of aromatic amines is 1. The molecular weight excluding hydrogens is 396 g/mol. The van der Waals surface area contributed by atoms with E-state index in [-0.39, 0.29) is 0 Å². The summed E-state index contributed by atoms with van der Waals surface area (Å²) in [7, 11) is 1.68. The number of aromatic nitrogens is 4. The first kappa shape index (κ1) is 18.4. The number of benzene rings is 4. The van der Waals surface area contributed by atoms with E-state index in [9.17, 15) is 0 Å². The van der Waals surface area contributed by atoms with Crippen LogP contribution in [0.3, 0.4) is 0 Å². The summed E-state index contributed by atoms with van der Waals surface area (Å²) in [5.41, 5.74) is 7.17. The van der Waals surface area contributed by atoms with Crippen molar-refractivity contribution in [1.82, 2.24) is 19.5 Å². The third-order valence-corrected chi connectivity index (χ3v) is 5.86. The van der Waals surface area contributed by atoms with E-state index in [2.05, 4.69) is 70.8 Å². The monoisotopic (exact) mass is 416 g/mol. The van der Waals surface area contributed by atoms with E-state index >= 15 is 0 Å². The average Bonchev–Trinajstić information content (AvgIpc) is 3.52. The first-order valence-electron chi connectivity index (χ1n) is 10.4. The fourth-order valence-corrected chi connectivity index (χ4v) is 4.32. The number of imidazole rings is 2. The van der Waals surface area contributed by atoms with E-state index in [1.54, 1.807) is 13.4 Å². The molecule has 0 saturated carbocycles. The third kappa shape index (κ3) is 2.94. The van der Waals surface area contributed by atoms with Crippen LogP contribution in [0.5, 0.6) is 5.75 Å². The van der Waals surface area contributed by atoms with Gasteiger partial charge < -0.3 is 14.3 Å². The summed E-state index contributed by atoms with van der Waals surface area (Å²) in [4.78, 5) is 12.4. The maximum absolute atomic E-state index is 5.54. The van der Waals surface area contributed by atoms with Crippen molar-refractivity contribution in [2.45, 2.75) is 0 Å². The van der Waals surface area contributed by atoms with Crippen LogP contribution >= 0.6 is 0 Å². The lowest BCUT2D eigenvalue weighted by Crippen LogP contribution is -1.94. The minimum Gasteiger partial charge on any atom is -0.495 e. The van der Waals surface area contributed by atoms with Gasteiger partial charge in [0.2, 0.25) is 0 Å². The van der Waals surface area contributed by atoms with Gasteiger partial charge in [0.15, 0.2) is 0 Å². The van der Waals surface area contributed by atoms with Crippen LogP contribution in [-0.2, 0) is 0 Å². The molecule has 6 aromatic rings. The molecule has 5 heteroatoms. The number of rotatable bonds is 4. The molecule has 0 atom stereocenters. The molecule has 4 aromatic carbocycles. The number of nitrogens with zero attached hydrogens (tertiary/aromatic N) is 3. The molecule has 32 heavy (non-hydrogen) atoms. The zero-order chi connectivity index (χ0) is 21.5. The molecule has 0 fully saturated rings. The minimum absolute atomic E-state index is 0.805. The van der Waals surface area contributed by atoms with Crippen molar-refractivity contribution in [3.63, 3.8) is 0 Å². The second kappa shape index (κ2) is 7.39. The Balaban J connectivity index is 1.57. The van der Waals surface area contributed by atoms with Gasteiger partial charge in [-0.2, -0.15) is 0 Å². The second-order valence-corrected chi connectivity index (χ2v) is 7.68. The lowest BCUT2D eigenvalue weighted by molar-refractivity contribution is 0.413. The van der Waals surface area contributed by atoms with E-state index in [1.807, 2.05) is 35.2 Å². The van der Waals surface area contributed by atoms with Crippen molar-refractivity contribution < 1.29 is 4.74 Å². The molecule has 0 spiro atoms. The largest absolute Gasteiger partial charge is 0.495 e. The molecule has 2 heterocycles. The highest BCUT2D eigenvalue weighted by molar-refractivity contribution is 6.04. The Morgan fingerprint density at radius 1 is 0.875 bits per heavy atom. The highest BCUT2D eigenvalue weighted by Gasteiger charge is 2.15. The maximum atomic E-state index is 5.54. The van der Waals surface area contributed by atoms with Crippen molar-refractivity contribution in [2.24, 2.45) is 0 Å². The van der Waals surface area contributed by atoms with Crippen molar-refractivity contribution in [2.75, 3.05) is 7.11 Å². The lowest BCUT2D eigenvalue weighted by atomic mass is 9.92. The van der Waals surface area contributed by atoms with Crippen molar-refractivity contribution >= 4 is 21.8 Å². The van der Waals surface area contributed by atoms with Gasteiger partial charge in [0.05, 0.1) is 35.9 Å². The molecule has 0 aliphatic rings. The number of hydrogen-bond donors (Lipinski definition) is 1. The van der Waals surface area contributed by atoms with E-state index in [0.717, 1.165) is 44.9 Å². The summed E-state index contributed by atoms with van der Waals surface area (Å²) in [6.45, 7) is 0. The van der Waals surface area contributed by atoms with Gasteiger partial charge in [-0.3, -0.25) is 0 Å². The Kier molecular flexibility index (Phi) is 4.25. The van der Waals surface area contributed by atoms with Crippen LogP contribution in [-0.4, -0.2) is 26.6 Å². The highest BCUT2D eigenvalue weighted by atomic mass is 16.5. The Bertz CT molecular complexity index is 1580. The number of nitrogens with one attached hydrogen (secondary N) is 1. The highest BCUT2D eigenvalue weighted by Crippen LogP contribution is 2.38. The van der Waals surface area contributed by atoms with Crippen LogP contribution in [0.4, 0.5) is 0 Å². The van der Waals surface area contributed by atoms with Crippen LogP contribution in [0.25, 0.3) is 49.9 Å². The Morgan fingerprint density at radius 3 is 2.69 bits per heavy atom. The van der Waals surface area contributed by atoms with Gasteiger partial charge in [0, 0.05) is 11.8 Å². The molecule has 154 valence electrons. The normalized spacial score (nSPS) is 11.3. The topological polar surface area (TPSA) is 55.7 Å². The van der Waals surface area contributed by atoms with E-state index in [1.165, 1.54) is 10.8 Å². The van der Waals surface area contributed by atoms with Crippen molar-refractivity contribution in [3.8, 4) is 33.8 Å². The Labute approximate surface area is 185 Å². The van der Waals surface area contributed by atoms with Gasteiger partial charge >= 0.3 is 0 Å². The number of H-pyrrole nitrogens is 1. The quantitative estimate of drug-likeness (QED) is 0.370. The number of ether oxygens (including phenoxy) is 1. The maximum Gasteiger partial charge on any atom is 0.142 e. The summed E-state index contributed by atoms with van der Waals surface area (Å²) in [6, 6.07) is 27.1. The standard InChI is InChI=1S/C27H20N4O/c1-32-26-9-5-4-8-25(26)31-15-24(30-17-31)21-12-10-18-6-2-3-7-20(18)27(21)19-11-13-22-23(14-19)29-16-28-22/h2-17H,1H3,(H,28,29). The van der Waals surface area contributed by atoms with Crippen molar-refractivity contribution in [1.29, 1.82) is 0 Å². The smallest absolute Gasteiger partial charge is 0.142 e. The lowest BCUT2D eigenvalue weighted by Gasteiger charge is -2.13. The SMILES string of the molecule is COc1ccccc1-n1cnc(-c2ccc3ccccc3c2-c2ccc3[nH]cnc3c2)c1. The first-order valence-corrected chi connectivity index (χ1v) is 10.4. The van der Waals surface area contributed by atoms with E-state index in [4.69, 9.17) is 9.72 Å². The average molecular weight is 416 g/mol. The molecule has 0 bridgehead atoms. The van der Waals surface area contributed by atoms with Gasteiger partial charge in [-0.05, 0) is 46.2 Å². The number of fused-ring (bicyclic) bond motifs is 2. The van der Waals surface area contributed by atoms with Crippen molar-refractivity contribution in [3.05, 3.63) is 97.7 Å². The van der Waals surface area contributed by atoms with Gasteiger partial charge in [0.25, 0.3) is 0 Å². The Hall–Kier alpha value is -4.38. The fourth-order valence-electron chi connectivity index (χ4n) is 4.32. The van der Waals surface area contributed by atoms with Crippen LogP contribution < -0.4 is 4.74 Å². The number of hydrogen-bond acceptors (Lipinski definition) is 3. The Morgan fingerprint density at radius 2 is 1.75 bits per heavy atom. The summed E-state index contributed by atoms with van der Waals surface area (Å²) in [5, 5.41) is 2.38. The van der Waals surface area contributed by atoms with Gasteiger partial charge in [-0.25, -0.2) is 9.97 Å². The van der Waals surface area contributed by atoms with Gasteiger partial charge in [-0.15, -0.1) is 0 Å². The second-order valence-electron chi connectivity index (χ2n) is 7.68. The molecule has 5 nitrogen and oxygen atoms in total. The number of methoxy groups -OCH3 is 1. The molecule has 0 amide bonds. The summed E-state index contributed by atoms with van der Waals surface area (Å²) < 4.78 is 7.54. The van der Waals surface area contributed by atoms with E-state index < -0.39 is 0 Å². The fraction of sp³-hybridized carbons (Fsp3) is 0.0370. The first-order chi connectivity index (χ1) is 15.8. The zero-order valence-corrected chi connectivity index (χ0v) is 17.5. The van der Waals surface area contributed by atoms with Crippen LogP contribution in [0.15, 0.2) is 97.7 Å². The van der Waals surface area contributed by atoms with Crippen LogP contribution in [0.1, 0.15) is 0 Å². The minimum atomic E-state index is 0.805.